The van der Waals surface area contributed by atoms with Crippen molar-refractivity contribution in [2.24, 2.45) is 0 Å². The average molecular weight is 495 g/mol. The van der Waals surface area contributed by atoms with Gasteiger partial charge >= 0.3 is 11.9 Å². The van der Waals surface area contributed by atoms with Crippen molar-refractivity contribution in [1.29, 1.82) is 0 Å². The molecule has 10 heteroatoms. The van der Waals surface area contributed by atoms with Crippen molar-refractivity contribution in [3.8, 4) is 0 Å². The van der Waals surface area contributed by atoms with Crippen LogP contribution in [0.25, 0.3) is 0 Å². The summed E-state index contributed by atoms with van der Waals surface area (Å²) in [4.78, 5) is 49.4. The van der Waals surface area contributed by atoms with Crippen molar-refractivity contribution in [3.05, 3.63) is 51.4 Å². The van der Waals surface area contributed by atoms with Crippen LogP contribution in [0.15, 0.2) is 30.3 Å². The highest BCUT2D eigenvalue weighted by Crippen LogP contribution is 2.33. The van der Waals surface area contributed by atoms with Gasteiger partial charge in [0.15, 0.2) is 6.61 Å². The summed E-state index contributed by atoms with van der Waals surface area (Å²) in [6.07, 6.45) is -0.207. The molecule has 0 bridgehead atoms. The van der Waals surface area contributed by atoms with Crippen LogP contribution in [-0.4, -0.2) is 37.0 Å². The van der Waals surface area contributed by atoms with Gasteiger partial charge in [0, 0.05) is 16.8 Å². The van der Waals surface area contributed by atoms with Crippen LogP contribution in [0.5, 0.6) is 0 Å². The molecule has 1 heterocycles. The third-order valence-electron chi connectivity index (χ3n) is 4.46. The first kappa shape index (κ1) is 26.3. The van der Waals surface area contributed by atoms with Crippen LogP contribution in [-0.2, 0) is 23.9 Å². The highest BCUT2D eigenvalue weighted by atomic mass is 35.5. The molecule has 0 aliphatic carbocycles. The van der Waals surface area contributed by atoms with E-state index in [1.54, 1.807) is 37.3 Å². The van der Waals surface area contributed by atoms with Crippen LogP contribution in [0.4, 0.5) is 5.00 Å². The van der Waals surface area contributed by atoms with Crippen LogP contribution < -0.4 is 10.6 Å². The summed E-state index contributed by atoms with van der Waals surface area (Å²) in [5.74, 6) is -2.01. The van der Waals surface area contributed by atoms with Crippen LogP contribution in [0.2, 0.25) is 5.02 Å². The summed E-state index contributed by atoms with van der Waals surface area (Å²) >= 11 is 7.45. The molecule has 2 aromatic rings. The first-order valence-electron chi connectivity index (χ1n) is 10.4. The van der Waals surface area contributed by atoms with E-state index in [9.17, 15) is 19.2 Å². The summed E-state index contributed by atoms with van der Waals surface area (Å²) in [6, 6.07) is 7.81. The molecule has 0 fully saturated rings. The van der Waals surface area contributed by atoms with Crippen LogP contribution in [0.1, 0.15) is 66.9 Å². The number of halogens is 1. The molecule has 0 radical (unpaired) electrons. The summed E-state index contributed by atoms with van der Waals surface area (Å²) in [7, 11) is 0. The molecule has 1 aromatic heterocycles. The van der Waals surface area contributed by atoms with E-state index in [4.69, 9.17) is 21.1 Å². The van der Waals surface area contributed by atoms with Gasteiger partial charge < -0.3 is 20.1 Å². The molecule has 178 valence electrons. The summed E-state index contributed by atoms with van der Waals surface area (Å²) < 4.78 is 10.1. The molecule has 0 spiro atoms. The zero-order chi connectivity index (χ0) is 24.5. The Morgan fingerprint density at radius 3 is 2.42 bits per heavy atom. The highest BCUT2D eigenvalue weighted by molar-refractivity contribution is 7.16. The minimum atomic E-state index is -0.701. The van der Waals surface area contributed by atoms with Gasteiger partial charge in [-0.3, -0.25) is 14.4 Å². The second-order valence-electron chi connectivity index (χ2n) is 7.45. The lowest BCUT2D eigenvalue weighted by Gasteiger charge is -2.18. The van der Waals surface area contributed by atoms with E-state index in [0.29, 0.717) is 15.6 Å². The molecule has 0 saturated carbocycles. The summed E-state index contributed by atoms with van der Waals surface area (Å²) in [5.41, 5.74) is 0.823. The molecule has 2 rings (SSSR count). The number of hydrogen-bond donors (Lipinski definition) is 2. The molecule has 0 unspecified atom stereocenters. The number of hydrogen-bond acceptors (Lipinski definition) is 7. The SMILES string of the molecule is CCOC(=O)c1cc(C(C)C)sc1NC(=O)COC(=O)C[C@H](NC(C)=O)c1ccccc1Cl. The predicted octanol–water partition coefficient (Wildman–Crippen LogP) is 4.45. The third kappa shape index (κ3) is 7.87. The van der Waals surface area contributed by atoms with Crippen LogP contribution in [0.3, 0.4) is 0 Å². The Labute approximate surface area is 201 Å². The molecule has 1 atom stereocenters. The molecule has 2 N–H and O–H groups in total. The number of esters is 2. The smallest absolute Gasteiger partial charge is 0.341 e. The number of anilines is 1. The Hall–Kier alpha value is -2.91. The Bertz CT molecular complexity index is 1020. The van der Waals surface area contributed by atoms with E-state index >= 15 is 0 Å². The number of ether oxygens (including phenoxy) is 2. The van der Waals surface area contributed by atoms with Gasteiger partial charge in [-0.05, 0) is 30.5 Å². The zero-order valence-corrected chi connectivity index (χ0v) is 20.5. The third-order valence-corrected chi connectivity index (χ3v) is 6.16. The maximum absolute atomic E-state index is 12.4. The van der Waals surface area contributed by atoms with Gasteiger partial charge in [0.2, 0.25) is 5.91 Å². The maximum atomic E-state index is 12.4. The molecule has 2 amide bonds. The van der Waals surface area contributed by atoms with Gasteiger partial charge in [0.1, 0.15) is 5.00 Å². The monoisotopic (exact) mass is 494 g/mol. The normalized spacial score (nSPS) is 11.6. The van der Waals surface area contributed by atoms with Crippen molar-refractivity contribution in [3.63, 3.8) is 0 Å². The highest BCUT2D eigenvalue weighted by Gasteiger charge is 2.23. The van der Waals surface area contributed by atoms with Crippen LogP contribution in [0, 0.1) is 0 Å². The Balaban J connectivity index is 2.02. The Kier molecular flexibility index (Phi) is 9.87. The minimum Gasteiger partial charge on any atom is -0.462 e. The van der Waals surface area contributed by atoms with E-state index in [1.165, 1.54) is 18.3 Å². The molecule has 0 aliphatic rings. The minimum absolute atomic E-state index is 0.155. The lowest BCUT2D eigenvalue weighted by molar-refractivity contribution is -0.148. The second-order valence-corrected chi connectivity index (χ2v) is 8.95. The quantitative estimate of drug-likeness (QED) is 0.472. The van der Waals surface area contributed by atoms with Crippen molar-refractivity contribution in [2.45, 2.75) is 46.1 Å². The lowest BCUT2D eigenvalue weighted by Crippen LogP contribution is -2.30. The molecule has 8 nitrogen and oxygen atoms in total. The zero-order valence-electron chi connectivity index (χ0n) is 18.9. The van der Waals surface area contributed by atoms with Gasteiger partial charge in [0.05, 0.1) is 24.6 Å². The van der Waals surface area contributed by atoms with Crippen molar-refractivity contribution >= 4 is 51.7 Å². The number of thiophene rings is 1. The number of benzene rings is 1. The number of carbonyl (C=O) groups is 4. The van der Waals surface area contributed by atoms with Gasteiger partial charge in [-0.25, -0.2) is 4.79 Å². The number of rotatable bonds is 10. The lowest BCUT2D eigenvalue weighted by atomic mass is 10.0. The summed E-state index contributed by atoms with van der Waals surface area (Å²) in [5, 5.41) is 6.02. The Morgan fingerprint density at radius 1 is 1.12 bits per heavy atom. The first-order valence-corrected chi connectivity index (χ1v) is 11.6. The fraction of sp³-hybridized carbons (Fsp3) is 0.391. The van der Waals surface area contributed by atoms with Crippen LogP contribution >= 0.6 is 22.9 Å². The Morgan fingerprint density at radius 2 is 1.82 bits per heavy atom. The molecule has 0 saturated heterocycles. The molecular weight excluding hydrogens is 468 g/mol. The van der Waals surface area contributed by atoms with Crippen molar-refractivity contribution in [2.75, 3.05) is 18.5 Å². The van der Waals surface area contributed by atoms with E-state index in [-0.39, 0.29) is 30.4 Å². The van der Waals surface area contributed by atoms with Crippen molar-refractivity contribution in [1.82, 2.24) is 5.32 Å². The number of nitrogens with one attached hydrogen (secondary N) is 2. The largest absolute Gasteiger partial charge is 0.462 e. The topological polar surface area (TPSA) is 111 Å². The van der Waals surface area contributed by atoms with E-state index in [2.05, 4.69) is 10.6 Å². The molecule has 0 aliphatic heterocycles. The predicted molar refractivity (Wildman–Crippen MR) is 127 cm³/mol. The fourth-order valence-corrected chi connectivity index (χ4v) is 4.26. The maximum Gasteiger partial charge on any atom is 0.341 e. The standard InChI is InChI=1S/C23H27ClN2O6S/c1-5-31-23(30)16-10-19(13(2)3)33-22(16)26-20(28)12-32-21(29)11-18(25-14(4)27)15-8-6-7-9-17(15)24/h6-10,13,18H,5,11-12H2,1-4H3,(H,25,27)(H,26,28)/t18-/m0/s1. The molecule has 1 aromatic carbocycles. The van der Waals surface area contributed by atoms with Crippen molar-refractivity contribution < 1.29 is 28.7 Å². The van der Waals surface area contributed by atoms with Gasteiger partial charge in [-0.2, -0.15) is 0 Å². The fourth-order valence-electron chi connectivity index (χ4n) is 2.92. The first-order chi connectivity index (χ1) is 15.6. The number of carbonyl (C=O) groups excluding carboxylic acids is 4. The average Bonchev–Trinajstić information content (AvgIpc) is 3.16. The molecule has 33 heavy (non-hydrogen) atoms. The van der Waals surface area contributed by atoms with Gasteiger partial charge in [-0.1, -0.05) is 43.6 Å². The second kappa shape index (κ2) is 12.4. The molecular formula is C23H27ClN2O6S. The van der Waals surface area contributed by atoms with Gasteiger partial charge in [0.25, 0.3) is 5.91 Å². The summed E-state index contributed by atoms with van der Waals surface area (Å²) in [6.45, 7) is 6.62. The van der Waals surface area contributed by atoms with Gasteiger partial charge in [-0.15, -0.1) is 11.3 Å². The van der Waals surface area contributed by atoms with E-state index in [0.717, 1.165) is 4.88 Å². The van der Waals surface area contributed by atoms with E-state index < -0.39 is 30.5 Å². The number of amides is 2. The van der Waals surface area contributed by atoms with E-state index in [1.807, 2.05) is 13.8 Å².